The van der Waals surface area contributed by atoms with Gasteiger partial charge in [-0.15, -0.1) is 0 Å². The van der Waals surface area contributed by atoms with Crippen molar-refractivity contribution in [2.24, 2.45) is 5.10 Å². The molecule has 0 aliphatic rings. The van der Waals surface area contributed by atoms with Crippen LogP contribution < -0.4 is 15.9 Å². The number of phenols is 1. The van der Waals surface area contributed by atoms with Gasteiger partial charge in [-0.05, 0) is 30.3 Å². The van der Waals surface area contributed by atoms with E-state index in [-0.39, 0.29) is 11.3 Å². The molecule has 9 heteroatoms. The molecule has 2 aromatic rings. The fraction of sp³-hybridized carbons (Fsp3) is 0.0667. The molecule has 0 unspecified atom stereocenters. The Balaban J connectivity index is 2.16. The lowest BCUT2D eigenvalue weighted by molar-refractivity contribution is -0.386. The van der Waals surface area contributed by atoms with Crippen molar-refractivity contribution in [2.75, 3.05) is 12.8 Å². The molecule has 1 amide bonds. The van der Waals surface area contributed by atoms with Crippen LogP contribution in [0.2, 0.25) is 0 Å². The molecule has 0 spiro atoms. The second kappa shape index (κ2) is 7.09. The van der Waals surface area contributed by atoms with Gasteiger partial charge in [-0.25, -0.2) is 5.43 Å². The Morgan fingerprint density at radius 1 is 1.38 bits per heavy atom. The van der Waals surface area contributed by atoms with Crippen molar-refractivity contribution in [2.45, 2.75) is 0 Å². The first kappa shape index (κ1) is 16.7. The molecule has 0 atom stereocenters. The number of aromatic hydroxyl groups is 1. The molecule has 2 rings (SSSR count). The molecule has 0 aliphatic carbocycles. The van der Waals surface area contributed by atoms with E-state index in [9.17, 15) is 20.0 Å². The van der Waals surface area contributed by atoms with Crippen molar-refractivity contribution in [3.05, 3.63) is 57.6 Å². The number of phenolic OH excluding ortho intramolecular Hbond substituents is 1. The zero-order chi connectivity index (χ0) is 17.7. The number of methoxy groups -OCH3 is 1. The molecule has 0 aliphatic heterocycles. The molecule has 0 aromatic heterocycles. The fourth-order valence-corrected chi connectivity index (χ4v) is 1.85. The lowest BCUT2D eigenvalue weighted by Crippen LogP contribution is -2.17. The molecule has 2 aromatic carbocycles. The van der Waals surface area contributed by atoms with Crippen molar-refractivity contribution in [1.82, 2.24) is 5.43 Å². The van der Waals surface area contributed by atoms with Gasteiger partial charge in [0.1, 0.15) is 0 Å². The maximum atomic E-state index is 11.9. The number of carbonyl (C=O) groups excluding carboxylic acids is 1. The summed E-state index contributed by atoms with van der Waals surface area (Å²) in [5.74, 6) is -1.12. The van der Waals surface area contributed by atoms with Crippen LogP contribution in [0.3, 0.4) is 0 Å². The number of hydrogen-bond acceptors (Lipinski definition) is 7. The van der Waals surface area contributed by atoms with Gasteiger partial charge in [-0.2, -0.15) is 5.10 Å². The van der Waals surface area contributed by atoms with Crippen molar-refractivity contribution >= 4 is 23.5 Å². The van der Waals surface area contributed by atoms with Gasteiger partial charge in [-0.3, -0.25) is 14.9 Å². The zero-order valence-corrected chi connectivity index (χ0v) is 12.6. The van der Waals surface area contributed by atoms with Crippen molar-refractivity contribution in [3.8, 4) is 11.5 Å². The maximum Gasteiger partial charge on any atom is 0.315 e. The van der Waals surface area contributed by atoms with Crippen LogP contribution >= 0.6 is 0 Å². The molecule has 0 heterocycles. The van der Waals surface area contributed by atoms with Crippen LogP contribution in [0.1, 0.15) is 15.9 Å². The van der Waals surface area contributed by atoms with E-state index in [1.807, 2.05) is 0 Å². The van der Waals surface area contributed by atoms with E-state index in [0.29, 0.717) is 11.3 Å². The number of benzene rings is 2. The summed E-state index contributed by atoms with van der Waals surface area (Å²) >= 11 is 0. The third-order valence-corrected chi connectivity index (χ3v) is 3.05. The molecular formula is C15H14N4O5. The summed E-state index contributed by atoms with van der Waals surface area (Å²) in [5, 5.41) is 24.3. The predicted octanol–water partition coefficient (Wildman–Crippen LogP) is 1.66. The van der Waals surface area contributed by atoms with Crippen LogP contribution in [-0.2, 0) is 0 Å². The maximum absolute atomic E-state index is 11.9. The van der Waals surface area contributed by atoms with Gasteiger partial charge in [0.2, 0.25) is 5.75 Å². The standard InChI is InChI=1S/C15H14N4O5/c1-24-13-7-9(6-12(14(13)20)19(22)23)8-17-18-15(21)10-2-4-11(16)5-3-10/h2-8,20H,16H2,1H3,(H,18,21). The van der Waals surface area contributed by atoms with Crippen molar-refractivity contribution < 1.29 is 19.6 Å². The number of nitrogens with zero attached hydrogens (tertiary/aromatic N) is 2. The van der Waals surface area contributed by atoms with E-state index in [1.165, 1.54) is 31.5 Å². The van der Waals surface area contributed by atoms with Gasteiger partial charge in [0.05, 0.1) is 18.2 Å². The number of nitrogens with two attached hydrogens (primary N) is 1. The fourth-order valence-electron chi connectivity index (χ4n) is 1.85. The molecule has 4 N–H and O–H groups in total. The smallest absolute Gasteiger partial charge is 0.315 e. The number of rotatable bonds is 5. The molecule has 124 valence electrons. The van der Waals surface area contributed by atoms with Crippen LogP contribution in [-0.4, -0.2) is 29.3 Å². The lowest BCUT2D eigenvalue weighted by Gasteiger charge is -2.05. The summed E-state index contributed by atoms with van der Waals surface area (Å²) in [4.78, 5) is 22.0. The normalized spacial score (nSPS) is 10.5. The highest BCUT2D eigenvalue weighted by atomic mass is 16.6. The number of nitrogen functional groups attached to an aromatic ring is 1. The molecule has 0 saturated carbocycles. The minimum absolute atomic E-state index is 0.0736. The Morgan fingerprint density at radius 2 is 2.04 bits per heavy atom. The van der Waals surface area contributed by atoms with Crippen molar-refractivity contribution in [1.29, 1.82) is 0 Å². The highest BCUT2D eigenvalue weighted by Crippen LogP contribution is 2.36. The Labute approximate surface area is 136 Å². The highest BCUT2D eigenvalue weighted by molar-refractivity contribution is 5.95. The number of nitro benzene ring substituents is 1. The van der Waals surface area contributed by atoms with Crippen LogP contribution in [0.4, 0.5) is 11.4 Å². The molecule has 24 heavy (non-hydrogen) atoms. The average molecular weight is 330 g/mol. The summed E-state index contributed by atoms with van der Waals surface area (Å²) in [5.41, 5.74) is 8.45. The van der Waals surface area contributed by atoms with Crippen LogP contribution in [0.25, 0.3) is 0 Å². The van der Waals surface area contributed by atoms with Crippen molar-refractivity contribution in [3.63, 3.8) is 0 Å². The number of ether oxygens (including phenoxy) is 1. The number of anilines is 1. The predicted molar refractivity (Wildman–Crippen MR) is 87.2 cm³/mol. The molecular weight excluding hydrogens is 316 g/mol. The summed E-state index contributed by atoms with van der Waals surface area (Å²) < 4.78 is 4.87. The Kier molecular flexibility index (Phi) is 4.95. The van der Waals surface area contributed by atoms with Crippen LogP contribution in [0.5, 0.6) is 11.5 Å². The third kappa shape index (κ3) is 3.77. The highest BCUT2D eigenvalue weighted by Gasteiger charge is 2.19. The monoisotopic (exact) mass is 330 g/mol. The second-order valence-corrected chi connectivity index (χ2v) is 4.67. The molecule has 0 bridgehead atoms. The van der Waals surface area contributed by atoms with E-state index in [0.717, 1.165) is 6.07 Å². The van der Waals surface area contributed by atoms with Gasteiger partial charge in [0, 0.05) is 22.9 Å². The van der Waals surface area contributed by atoms with Crippen LogP contribution in [0.15, 0.2) is 41.5 Å². The number of hydrazone groups is 1. The largest absolute Gasteiger partial charge is 0.500 e. The average Bonchev–Trinajstić information content (AvgIpc) is 2.56. The summed E-state index contributed by atoms with van der Waals surface area (Å²) in [7, 11) is 1.27. The Morgan fingerprint density at radius 3 is 2.62 bits per heavy atom. The topological polar surface area (TPSA) is 140 Å². The van der Waals surface area contributed by atoms with Gasteiger partial charge in [0.25, 0.3) is 5.91 Å². The van der Waals surface area contributed by atoms with E-state index in [2.05, 4.69) is 10.5 Å². The number of amides is 1. The second-order valence-electron chi connectivity index (χ2n) is 4.67. The number of carbonyl (C=O) groups is 1. The Bertz CT molecular complexity index is 802. The van der Waals surface area contributed by atoms with Gasteiger partial charge < -0.3 is 15.6 Å². The van der Waals surface area contributed by atoms with E-state index < -0.39 is 22.3 Å². The van der Waals surface area contributed by atoms with E-state index in [1.54, 1.807) is 12.1 Å². The summed E-state index contributed by atoms with van der Waals surface area (Å²) in [6.45, 7) is 0. The first-order valence-corrected chi connectivity index (χ1v) is 6.66. The molecule has 9 nitrogen and oxygen atoms in total. The SMILES string of the molecule is COc1cc(C=NNC(=O)c2ccc(N)cc2)cc([N+](=O)[O-])c1O. The number of nitrogens with one attached hydrogen (secondary N) is 1. The minimum Gasteiger partial charge on any atom is -0.500 e. The lowest BCUT2D eigenvalue weighted by atomic mass is 10.2. The van der Waals surface area contributed by atoms with Crippen LogP contribution in [0, 0.1) is 10.1 Å². The first-order chi connectivity index (χ1) is 11.4. The molecule has 0 fully saturated rings. The van der Waals surface area contributed by atoms with Gasteiger partial charge in [0.15, 0.2) is 5.75 Å². The third-order valence-electron chi connectivity index (χ3n) is 3.05. The molecule has 0 radical (unpaired) electrons. The van der Waals surface area contributed by atoms with Gasteiger partial charge in [-0.1, -0.05) is 0 Å². The quantitative estimate of drug-likeness (QED) is 0.329. The first-order valence-electron chi connectivity index (χ1n) is 6.66. The van der Waals surface area contributed by atoms with E-state index >= 15 is 0 Å². The molecule has 0 saturated heterocycles. The van der Waals surface area contributed by atoms with Gasteiger partial charge >= 0.3 is 5.69 Å². The summed E-state index contributed by atoms with van der Waals surface area (Å²) in [6, 6.07) is 8.68. The number of hydrogen-bond donors (Lipinski definition) is 3. The Hall–Kier alpha value is -3.62. The van der Waals surface area contributed by atoms with E-state index in [4.69, 9.17) is 10.5 Å². The minimum atomic E-state index is -0.748. The zero-order valence-electron chi connectivity index (χ0n) is 12.6. The summed E-state index contributed by atoms with van der Waals surface area (Å²) in [6.07, 6.45) is 1.20. The number of nitro groups is 1.